The number of aryl methyl sites for hydroxylation is 1. The number of carbonyl (C=O) groups excluding carboxylic acids is 1. The van der Waals surface area contributed by atoms with Gasteiger partial charge in [-0.25, -0.2) is 0 Å². The van der Waals surface area contributed by atoms with Crippen LogP contribution in [0.3, 0.4) is 0 Å². The topological polar surface area (TPSA) is 32.3 Å². The molecule has 2 aromatic rings. The maximum absolute atomic E-state index is 12.3. The molecular weight excluding hydrogens is 356 g/mol. The Morgan fingerprint density at radius 1 is 1.19 bits per heavy atom. The zero-order chi connectivity index (χ0) is 19.2. The van der Waals surface area contributed by atoms with E-state index in [0.717, 1.165) is 41.6 Å². The summed E-state index contributed by atoms with van der Waals surface area (Å²) in [4.78, 5) is 14.7. The van der Waals surface area contributed by atoms with E-state index in [1.54, 1.807) is 0 Å². The third kappa shape index (κ3) is 5.74. The summed E-state index contributed by atoms with van der Waals surface area (Å²) < 4.78 is 0. The van der Waals surface area contributed by atoms with Crippen LogP contribution < -0.4 is 10.2 Å². The van der Waals surface area contributed by atoms with Gasteiger partial charge in [0.15, 0.2) is 0 Å². The van der Waals surface area contributed by atoms with Crippen LogP contribution in [0.4, 0.5) is 5.69 Å². The van der Waals surface area contributed by atoms with Crippen LogP contribution >= 0.6 is 11.6 Å². The number of benzene rings is 2. The summed E-state index contributed by atoms with van der Waals surface area (Å²) >= 11 is 5.90. The number of piperidine rings is 1. The largest absolute Gasteiger partial charge is 0.371 e. The average Bonchev–Trinajstić information content (AvgIpc) is 2.67. The molecule has 4 heteroatoms. The first-order chi connectivity index (χ1) is 13.0. The molecule has 0 aromatic heterocycles. The fourth-order valence-electron chi connectivity index (χ4n) is 3.70. The molecule has 1 fully saturated rings. The molecule has 27 heavy (non-hydrogen) atoms. The van der Waals surface area contributed by atoms with Crippen molar-refractivity contribution in [3.05, 3.63) is 64.7 Å². The van der Waals surface area contributed by atoms with Crippen molar-refractivity contribution in [2.45, 2.75) is 45.6 Å². The molecule has 2 aromatic carbocycles. The second-order valence-corrected chi connectivity index (χ2v) is 8.14. The minimum absolute atomic E-state index is 0.0112. The fraction of sp³-hybridized carbons (Fsp3) is 0.435. The lowest BCUT2D eigenvalue weighted by Crippen LogP contribution is -2.34. The maximum atomic E-state index is 12.3. The molecule has 1 amide bonds. The first-order valence-electron chi connectivity index (χ1n) is 9.90. The number of amides is 1. The van der Waals surface area contributed by atoms with E-state index >= 15 is 0 Å². The molecule has 2 atom stereocenters. The minimum Gasteiger partial charge on any atom is -0.371 e. The normalized spacial score (nSPS) is 18.2. The van der Waals surface area contributed by atoms with Gasteiger partial charge in [-0.05, 0) is 67.5 Å². The summed E-state index contributed by atoms with van der Waals surface area (Å²) in [5, 5.41) is 3.83. The van der Waals surface area contributed by atoms with Crippen molar-refractivity contribution < 1.29 is 4.79 Å². The van der Waals surface area contributed by atoms with Gasteiger partial charge in [-0.3, -0.25) is 4.79 Å². The quantitative estimate of drug-likeness (QED) is 0.724. The Balaban J connectivity index is 1.50. The average molecular weight is 385 g/mol. The Morgan fingerprint density at radius 2 is 1.89 bits per heavy atom. The highest BCUT2D eigenvalue weighted by atomic mass is 35.5. The summed E-state index contributed by atoms with van der Waals surface area (Å²) in [5.41, 5.74) is 3.55. The van der Waals surface area contributed by atoms with Crippen molar-refractivity contribution in [3.63, 3.8) is 0 Å². The maximum Gasteiger partial charge on any atom is 0.220 e. The Hall–Kier alpha value is -2.00. The number of carbonyl (C=O) groups is 1. The third-order valence-electron chi connectivity index (χ3n) is 5.35. The summed E-state index contributed by atoms with van der Waals surface area (Å²) in [5.74, 6) is 0.837. The predicted octanol–water partition coefficient (Wildman–Crippen LogP) is 5.39. The molecule has 1 heterocycles. The predicted molar refractivity (Wildman–Crippen MR) is 113 cm³/mol. The molecule has 144 valence electrons. The number of nitrogens with one attached hydrogen (secondary N) is 1. The molecule has 1 aliphatic heterocycles. The van der Waals surface area contributed by atoms with E-state index in [4.69, 9.17) is 11.6 Å². The van der Waals surface area contributed by atoms with Gasteiger partial charge in [-0.2, -0.15) is 0 Å². The Morgan fingerprint density at radius 3 is 2.56 bits per heavy atom. The molecule has 3 rings (SSSR count). The molecular formula is C23H29ClN2O. The molecule has 1 aliphatic rings. The van der Waals surface area contributed by atoms with Crippen LogP contribution in [0, 0.1) is 5.92 Å². The molecule has 0 unspecified atom stereocenters. The summed E-state index contributed by atoms with van der Waals surface area (Å²) in [6.45, 7) is 6.64. The van der Waals surface area contributed by atoms with Crippen LogP contribution in [0.25, 0.3) is 0 Å². The monoisotopic (exact) mass is 384 g/mol. The van der Waals surface area contributed by atoms with Gasteiger partial charge in [0.05, 0.1) is 6.04 Å². The van der Waals surface area contributed by atoms with E-state index in [-0.39, 0.29) is 11.9 Å². The number of anilines is 1. The lowest BCUT2D eigenvalue weighted by Gasteiger charge is -2.33. The van der Waals surface area contributed by atoms with Crippen molar-refractivity contribution >= 4 is 23.2 Å². The second kappa shape index (κ2) is 9.27. The molecule has 0 spiro atoms. The SMILES string of the molecule is C[C@H]1CCCN(c2ccc([C@H](C)NC(=O)CCc3ccc(Cl)cc3)cc2)C1. The van der Waals surface area contributed by atoms with Crippen molar-refractivity contribution in [3.8, 4) is 0 Å². The van der Waals surface area contributed by atoms with Crippen LogP contribution in [0.2, 0.25) is 5.02 Å². The summed E-state index contributed by atoms with van der Waals surface area (Å²) in [7, 11) is 0. The van der Waals surface area contributed by atoms with Gasteiger partial charge in [-0.15, -0.1) is 0 Å². The third-order valence-corrected chi connectivity index (χ3v) is 5.60. The summed E-state index contributed by atoms with van der Waals surface area (Å²) in [6.07, 6.45) is 3.80. The highest BCUT2D eigenvalue weighted by Crippen LogP contribution is 2.24. The first kappa shape index (κ1) is 19.8. The van der Waals surface area contributed by atoms with E-state index < -0.39 is 0 Å². The molecule has 3 nitrogen and oxygen atoms in total. The highest BCUT2D eigenvalue weighted by molar-refractivity contribution is 6.30. The van der Waals surface area contributed by atoms with Crippen LogP contribution in [0.5, 0.6) is 0 Å². The van der Waals surface area contributed by atoms with E-state index in [9.17, 15) is 4.79 Å². The molecule has 0 saturated carbocycles. The van der Waals surface area contributed by atoms with E-state index in [1.807, 2.05) is 31.2 Å². The van der Waals surface area contributed by atoms with E-state index in [1.165, 1.54) is 18.5 Å². The Bertz CT molecular complexity index is 742. The van der Waals surface area contributed by atoms with Gasteiger partial charge in [0.2, 0.25) is 5.91 Å². The van der Waals surface area contributed by atoms with Crippen LogP contribution in [0.15, 0.2) is 48.5 Å². The zero-order valence-electron chi connectivity index (χ0n) is 16.2. The molecule has 1 N–H and O–H groups in total. The van der Waals surface area contributed by atoms with Crippen molar-refractivity contribution in [2.24, 2.45) is 5.92 Å². The molecule has 0 aliphatic carbocycles. The molecule has 0 bridgehead atoms. The van der Waals surface area contributed by atoms with Crippen molar-refractivity contribution in [2.75, 3.05) is 18.0 Å². The van der Waals surface area contributed by atoms with Gasteiger partial charge in [0.25, 0.3) is 0 Å². The lowest BCUT2D eigenvalue weighted by atomic mass is 9.99. The first-order valence-corrected chi connectivity index (χ1v) is 10.3. The number of rotatable bonds is 6. The standard InChI is InChI=1S/C23H29ClN2O/c1-17-4-3-15-26(16-17)22-12-8-20(9-13-22)18(2)25-23(27)14-7-19-5-10-21(24)11-6-19/h5-6,8-13,17-18H,3-4,7,14-16H2,1-2H3,(H,25,27)/t17-,18-/m0/s1. The highest BCUT2D eigenvalue weighted by Gasteiger charge is 2.17. The molecule has 0 radical (unpaired) electrons. The Labute approximate surface area is 167 Å². The molecule has 1 saturated heterocycles. The number of halogens is 1. The van der Waals surface area contributed by atoms with Gasteiger partial charge >= 0.3 is 0 Å². The van der Waals surface area contributed by atoms with Crippen molar-refractivity contribution in [1.29, 1.82) is 0 Å². The van der Waals surface area contributed by atoms with E-state index in [2.05, 4.69) is 41.4 Å². The Kier molecular flexibility index (Phi) is 6.78. The second-order valence-electron chi connectivity index (χ2n) is 7.70. The van der Waals surface area contributed by atoms with Gasteiger partial charge < -0.3 is 10.2 Å². The number of hydrogen-bond donors (Lipinski definition) is 1. The van der Waals surface area contributed by atoms with Crippen molar-refractivity contribution in [1.82, 2.24) is 5.32 Å². The zero-order valence-corrected chi connectivity index (χ0v) is 17.0. The lowest BCUT2D eigenvalue weighted by molar-refractivity contribution is -0.121. The van der Waals surface area contributed by atoms with Crippen LogP contribution in [-0.2, 0) is 11.2 Å². The summed E-state index contributed by atoms with van der Waals surface area (Å²) in [6, 6.07) is 16.3. The fourth-order valence-corrected chi connectivity index (χ4v) is 3.83. The van der Waals surface area contributed by atoms with Gasteiger partial charge in [-0.1, -0.05) is 42.8 Å². The van der Waals surface area contributed by atoms with E-state index in [0.29, 0.717) is 6.42 Å². The van der Waals surface area contributed by atoms with Crippen LogP contribution in [-0.4, -0.2) is 19.0 Å². The van der Waals surface area contributed by atoms with Gasteiger partial charge in [0, 0.05) is 30.2 Å². The smallest absolute Gasteiger partial charge is 0.220 e. The minimum atomic E-state index is 0.0112. The number of hydrogen-bond acceptors (Lipinski definition) is 2. The number of nitrogens with zero attached hydrogens (tertiary/aromatic N) is 1. The van der Waals surface area contributed by atoms with Gasteiger partial charge in [0.1, 0.15) is 0 Å². The van der Waals surface area contributed by atoms with Crippen LogP contribution in [0.1, 0.15) is 50.3 Å².